The molecule has 0 fully saturated rings. The normalized spacial score (nSPS) is 10.5. The van der Waals surface area contributed by atoms with Gasteiger partial charge < -0.3 is 10.4 Å². The standard InChI is InChI=1S/C11H13NO2S/c1-15-10-6-3-2-5-9(10)12-8-4-7-11(13)14/h2-7,12H,8H2,1H3,(H,13,14)/b7-4+. The monoisotopic (exact) mass is 223 g/mol. The van der Waals surface area contributed by atoms with Crippen molar-refractivity contribution in [3.8, 4) is 0 Å². The Morgan fingerprint density at radius 1 is 1.53 bits per heavy atom. The number of benzene rings is 1. The molecule has 0 aliphatic rings. The van der Waals surface area contributed by atoms with Gasteiger partial charge in [-0.1, -0.05) is 18.2 Å². The number of hydrogen-bond acceptors (Lipinski definition) is 3. The van der Waals surface area contributed by atoms with Gasteiger partial charge in [-0.3, -0.25) is 0 Å². The topological polar surface area (TPSA) is 49.3 Å². The third-order valence-electron chi connectivity index (χ3n) is 1.78. The second-order valence-corrected chi connectivity index (χ2v) is 3.67. The van der Waals surface area contributed by atoms with E-state index >= 15 is 0 Å². The Hall–Kier alpha value is -1.42. The van der Waals surface area contributed by atoms with Crippen LogP contribution in [0.5, 0.6) is 0 Å². The molecule has 0 saturated carbocycles. The Labute approximate surface area is 93.2 Å². The van der Waals surface area contributed by atoms with E-state index in [1.165, 1.54) is 0 Å². The van der Waals surface area contributed by atoms with Crippen molar-refractivity contribution in [2.45, 2.75) is 4.90 Å². The van der Waals surface area contributed by atoms with Gasteiger partial charge >= 0.3 is 5.97 Å². The first-order chi connectivity index (χ1) is 7.24. The van der Waals surface area contributed by atoms with Crippen molar-refractivity contribution in [3.05, 3.63) is 36.4 Å². The van der Waals surface area contributed by atoms with Crippen molar-refractivity contribution in [2.24, 2.45) is 0 Å². The molecule has 0 aliphatic carbocycles. The molecule has 80 valence electrons. The number of carbonyl (C=O) groups is 1. The van der Waals surface area contributed by atoms with Gasteiger partial charge in [-0.25, -0.2) is 4.79 Å². The average molecular weight is 223 g/mol. The van der Waals surface area contributed by atoms with Gasteiger partial charge in [0.2, 0.25) is 0 Å². The predicted octanol–water partition coefficient (Wildman–Crippen LogP) is 2.46. The van der Waals surface area contributed by atoms with Crippen LogP contribution in [0.15, 0.2) is 41.3 Å². The van der Waals surface area contributed by atoms with Gasteiger partial charge in [0.1, 0.15) is 0 Å². The van der Waals surface area contributed by atoms with E-state index in [9.17, 15) is 4.79 Å². The third-order valence-corrected chi connectivity index (χ3v) is 2.57. The van der Waals surface area contributed by atoms with E-state index in [0.717, 1.165) is 16.7 Å². The van der Waals surface area contributed by atoms with Crippen LogP contribution >= 0.6 is 11.8 Å². The van der Waals surface area contributed by atoms with Crippen LogP contribution in [0.25, 0.3) is 0 Å². The number of rotatable bonds is 5. The van der Waals surface area contributed by atoms with Gasteiger partial charge in [0, 0.05) is 23.2 Å². The fourth-order valence-corrected chi connectivity index (χ4v) is 1.69. The lowest BCUT2D eigenvalue weighted by atomic mass is 10.3. The maximum Gasteiger partial charge on any atom is 0.328 e. The van der Waals surface area contributed by atoms with Crippen molar-refractivity contribution in [3.63, 3.8) is 0 Å². The summed E-state index contributed by atoms with van der Waals surface area (Å²) in [5, 5.41) is 11.5. The van der Waals surface area contributed by atoms with Gasteiger partial charge in [0.15, 0.2) is 0 Å². The van der Waals surface area contributed by atoms with E-state index in [0.29, 0.717) is 6.54 Å². The molecule has 0 amide bonds. The van der Waals surface area contributed by atoms with Crippen LogP contribution < -0.4 is 5.32 Å². The molecule has 3 nitrogen and oxygen atoms in total. The number of hydrogen-bond donors (Lipinski definition) is 2. The van der Waals surface area contributed by atoms with E-state index in [2.05, 4.69) is 5.32 Å². The molecule has 0 atom stereocenters. The number of para-hydroxylation sites is 1. The summed E-state index contributed by atoms with van der Waals surface area (Å²) in [6, 6.07) is 7.92. The van der Waals surface area contributed by atoms with Gasteiger partial charge in [-0.15, -0.1) is 11.8 Å². The average Bonchev–Trinajstić information content (AvgIpc) is 2.24. The highest BCUT2D eigenvalue weighted by Gasteiger charge is 1.97. The zero-order valence-electron chi connectivity index (χ0n) is 8.43. The molecule has 1 aromatic carbocycles. The zero-order chi connectivity index (χ0) is 11.1. The number of carboxylic acids is 1. The maximum absolute atomic E-state index is 10.2. The van der Waals surface area contributed by atoms with Crippen LogP contribution in [-0.2, 0) is 4.79 Å². The van der Waals surface area contributed by atoms with E-state index < -0.39 is 5.97 Å². The molecule has 1 aromatic rings. The summed E-state index contributed by atoms with van der Waals surface area (Å²) >= 11 is 1.66. The first kappa shape index (κ1) is 11.7. The van der Waals surface area contributed by atoms with Gasteiger partial charge in [-0.05, 0) is 18.4 Å². The molecule has 1 rings (SSSR count). The molecule has 15 heavy (non-hydrogen) atoms. The second-order valence-electron chi connectivity index (χ2n) is 2.82. The Kier molecular flexibility index (Phi) is 4.77. The number of anilines is 1. The highest BCUT2D eigenvalue weighted by Crippen LogP contribution is 2.24. The van der Waals surface area contributed by atoms with Crippen molar-refractivity contribution in [1.82, 2.24) is 0 Å². The van der Waals surface area contributed by atoms with Crippen LogP contribution in [0.3, 0.4) is 0 Å². The van der Waals surface area contributed by atoms with E-state index in [1.54, 1.807) is 17.8 Å². The number of nitrogens with one attached hydrogen (secondary N) is 1. The van der Waals surface area contributed by atoms with Crippen molar-refractivity contribution in [1.29, 1.82) is 0 Å². The minimum absolute atomic E-state index is 0.518. The second kappa shape index (κ2) is 6.14. The molecule has 0 saturated heterocycles. The quantitative estimate of drug-likeness (QED) is 0.594. The number of aliphatic carboxylic acids is 1. The number of carboxylic acid groups (broad SMARTS) is 1. The molecule has 0 aromatic heterocycles. The Morgan fingerprint density at radius 2 is 2.27 bits per heavy atom. The van der Waals surface area contributed by atoms with Gasteiger partial charge in [-0.2, -0.15) is 0 Å². The summed E-state index contributed by atoms with van der Waals surface area (Å²) in [5.41, 5.74) is 1.03. The fraction of sp³-hybridized carbons (Fsp3) is 0.182. The summed E-state index contributed by atoms with van der Waals surface area (Å²) in [4.78, 5) is 11.4. The summed E-state index contributed by atoms with van der Waals surface area (Å²) < 4.78 is 0. The Bertz CT molecular complexity index is 363. The lowest BCUT2D eigenvalue weighted by Crippen LogP contribution is -2.00. The van der Waals surface area contributed by atoms with E-state index in [-0.39, 0.29) is 0 Å². The highest BCUT2D eigenvalue weighted by atomic mass is 32.2. The lowest BCUT2D eigenvalue weighted by Gasteiger charge is -2.07. The molecular formula is C11H13NO2S. The predicted molar refractivity (Wildman–Crippen MR) is 63.5 cm³/mol. The first-order valence-electron chi connectivity index (χ1n) is 4.50. The maximum atomic E-state index is 10.2. The van der Waals surface area contributed by atoms with E-state index in [1.807, 2.05) is 30.5 Å². The van der Waals surface area contributed by atoms with Crippen molar-refractivity contribution in [2.75, 3.05) is 18.1 Å². The zero-order valence-corrected chi connectivity index (χ0v) is 9.25. The van der Waals surface area contributed by atoms with Crippen LogP contribution in [0.2, 0.25) is 0 Å². The van der Waals surface area contributed by atoms with Crippen LogP contribution in [-0.4, -0.2) is 23.9 Å². The van der Waals surface area contributed by atoms with Gasteiger partial charge in [0.05, 0.1) is 0 Å². The summed E-state index contributed by atoms with van der Waals surface area (Å²) in [7, 11) is 0. The minimum Gasteiger partial charge on any atom is -0.478 e. The van der Waals surface area contributed by atoms with Crippen LogP contribution in [0.1, 0.15) is 0 Å². The van der Waals surface area contributed by atoms with Crippen LogP contribution in [0, 0.1) is 0 Å². The smallest absolute Gasteiger partial charge is 0.328 e. The molecule has 0 radical (unpaired) electrons. The molecule has 0 bridgehead atoms. The molecule has 0 spiro atoms. The Balaban J connectivity index is 2.53. The fourth-order valence-electron chi connectivity index (χ4n) is 1.12. The summed E-state index contributed by atoms with van der Waals surface area (Å²) in [6.07, 6.45) is 4.72. The SMILES string of the molecule is CSc1ccccc1NC/C=C/C(=O)O. The minimum atomic E-state index is -0.921. The lowest BCUT2D eigenvalue weighted by molar-refractivity contribution is -0.131. The first-order valence-corrected chi connectivity index (χ1v) is 5.73. The summed E-state index contributed by atoms with van der Waals surface area (Å²) in [6.45, 7) is 0.518. The molecule has 2 N–H and O–H groups in total. The number of thioether (sulfide) groups is 1. The third kappa shape index (κ3) is 4.08. The highest BCUT2D eigenvalue weighted by molar-refractivity contribution is 7.98. The molecule has 0 heterocycles. The molecule has 0 aliphatic heterocycles. The molecule has 4 heteroatoms. The van der Waals surface area contributed by atoms with Crippen LogP contribution in [0.4, 0.5) is 5.69 Å². The largest absolute Gasteiger partial charge is 0.478 e. The summed E-state index contributed by atoms with van der Waals surface area (Å²) in [5.74, 6) is -0.921. The van der Waals surface area contributed by atoms with E-state index in [4.69, 9.17) is 5.11 Å². The molecule has 0 unspecified atom stereocenters. The van der Waals surface area contributed by atoms with Crippen molar-refractivity contribution < 1.29 is 9.90 Å². The van der Waals surface area contributed by atoms with Crippen molar-refractivity contribution >= 4 is 23.4 Å². The Morgan fingerprint density at radius 3 is 2.93 bits per heavy atom. The van der Waals surface area contributed by atoms with Gasteiger partial charge in [0.25, 0.3) is 0 Å². The molecular weight excluding hydrogens is 210 g/mol.